The van der Waals surface area contributed by atoms with Crippen LogP contribution in [0.15, 0.2) is 194 Å². The summed E-state index contributed by atoms with van der Waals surface area (Å²) in [4.78, 5) is 2.50. The van der Waals surface area contributed by atoms with Crippen molar-refractivity contribution in [3.63, 3.8) is 0 Å². The monoisotopic (exact) mass is 678 g/mol. The highest BCUT2D eigenvalue weighted by molar-refractivity contribution is 6.17. The minimum atomic E-state index is -0.129. The first-order valence-corrected chi connectivity index (χ1v) is 18.5. The van der Waals surface area contributed by atoms with E-state index in [-0.39, 0.29) is 5.41 Å². The van der Waals surface area contributed by atoms with E-state index in [1.165, 1.54) is 66.3 Å². The summed E-state index contributed by atoms with van der Waals surface area (Å²) < 4.78 is 2.46. The van der Waals surface area contributed by atoms with E-state index >= 15 is 0 Å². The summed E-state index contributed by atoms with van der Waals surface area (Å²) in [6.07, 6.45) is 0. The van der Waals surface area contributed by atoms with Crippen molar-refractivity contribution >= 4 is 38.9 Å². The van der Waals surface area contributed by atoms with Crippen LogP contribution < -0.4 is 4.90 Å². The summed E-state index contributed by atoms with van der Waals surface area (Å²) in [7, 11) is 0. The molecule has 0 atom stereocenters. The lowest BCUT2D eigenvalue weighted by Crippen LogP contribution is -2.17. The van der Waals surface area contributed by atoms with Gasteiger partial charge in [-0.1, -0.05) is 166 Å². The summed E-state index contributed by atoms with van der Waals surface area (Å²) in [5.41, 5.74) is 17.0. The lowest BCUT2D eigenvalue weighted by Gasteiger charge is -2.30. The van der Waals surface area contributed by atoms with Crippen LogP contribution in [0.5, 0.6) is 0 Å². The summed E-state index contributed by atoms with van der Waals surface area (Å²) in [6.45, 7) is 4.73. The van der Waals surface area contributed by atoms with Crippen LogP contribution in [-0.4, -0.2) is 4.57 Å². The molecule has 53 heavy (non-hydrogen) atoms. The maximum atomic E-state index is 2.50. The highest BCUT2D eigenvalue weighted by Crippen LogP contribution is 2.52. The van der Waals surface area contributed by atoms with Crippen LogP contribution in [0.25, 0.3) is 60.9 Å². The van der Waals surface area contributed by atoms with Gasteiger partial charge in [-0.2, -0.15) is 0 Å². The Balaban J connectivity index is 1.28. The second kappa shape index (κ2) is 12.3. The lowest BCUT2D eigenvalue weighted by molar-refractivity contribution is 0.660. The zero-order chi connectivity index (χ0) is 35.5. The Morgan fingerprint density at radius 2 is 0.981 bits per heavy atom. The summed E-state index contributed by atoms with van der Waals surface area (Å²) in [6, 6.07) is 70.8. The Morgan fingerprint density at radius 1 is 0.415 bits per heavy atom. The number of rotatable bonds is 6. The largest absolute Gasteiger partial charge is 0.309 e. The van der Waals surface area contributed by atoms with E-state index in [1.54, 1.807) is 0 Å². The van der Waals surface area contributed by atoms with Crippen LogP contribution in [-0.2, 0) is 5.41 Å². The van der Waals surface area contributed by atoms with Gasteiger partial charge in [0.25, 0.3) is 0 Å². The van der Waals surface area contributed by atoms with Crippen molar-refractivity contribution < 1.29 is 0 Å². The summed E-state index contributed by atoms with van der Waals surface area (Å²) >= 11 is 0. The van der Waals surface area contributed by atoms with Crippen molar-refractivity contribution in [3.8, 4) is 39.1 Å². The first-order chi connectivity index (χ1) is 26.1. The minimum absolute atomic E-state index is 0.129. The Kier molecular flexibility index (Phi) is 7.19. The number of hydrogen-bond acceptors (Lipinski definition) is 1. The molecule has 0 radical (unpaired) electrons. The number of nitrogens with zero attached hydrogens (tertiary/aromatic N) is 2. The van der Waals surface area contributed by atoms with Gasteiger partial charge in [0.1, 0.15) is 0 Å². The van der Waals surface area contributed by atoms with Crippen molar-refractivity contribution in [2.24, 2.45) is 0 Å². The predicted octanol–water partition coefficient (Wildman–Crippen LogP) is 13.9. The third-order valence-electron chi connectivity index (χ3n) is 11.2. The van der Waals surface area contributed by atoms with Gasteiger partial charge in [0.15, 0.2) is 0 Å². The van der Waals surface area contributed by atoms with Gasteiger partial charge in [0.05, 0.1) is 28.1 Å². The topological polar surface area (TPSA) is 8.17 Å². The first-order valence-electron chi connectivity index (χ1n) is 18.5. The minimum Gasteiger partial charge on any atom is -0.309 e. The zero-order valence-corrected chi connectivity index (χ0v) is 29.9. The second-order valence-corrected chi connectivity index (χ2v) is 14.5. The molecule has 0 saturated heterocycles. The van der Waals surface area contributed by atoms with Crippen molar-refractivity contribution in [1.82, 2.24) is 4.57 Å². The fraction of sp³-hybridized carbons (Fsp3) is 0.0588. The van der Waals surface area contributed by atoms with E-state index in [0.717, 1.165) is 22.7 Å². The molecule has 10 rings (SSSR count). The Morgan fingerprint density at radius 3 is 1.77 bits per heavy atom. The summed E-state index contributed by atoms with van der Waals surface area (Å²) in [5, 5.41) is 2.44. The molecule has 1 aliphatic rings. The normalized spacial score (nSPS) is 12.9. The van der Waals surface area contributed by atoms with Gasteiger partial charge in [-0.25, -0.2) is 0 Å². The SMILES string of the molecule is CC1(C)c2ccccc2-c2ccc(N(c3ccccc3-c3ccccc3)c3cccc4c3c3ccccc3n4-c3ccccc3-c3ccccc3)cc21. The molecule has 0 aliphatic heterocycles. The molecule has 0 bridgehead atoms. The summed E-state index contributed by atoms with van der Waals surface area (Å²) in [5.74, 6) is 0. The van der Waals surface area contributed by atoms with E-state index in [0.29, 0.717) is 0 Å². The van der Waals surface area contributed by atoms with Crippen LogP contribution in [0.1, 0.15) is 25.0 Å². The fourth-order valence-corrected chi connectivity index (χ4v) is 8.75. The maximum Gasteiger partial charge on any atom is 0.0562 e. The van der Waals surface area contributed by atoms with Gasteiger partial charge >= 0.3 is 0 Å². The molecule has 0 amide bonds. The number of hydrogen-bond donors (Lipinski definition) is 0. The standard InChI is InChI=1S/C51H38N2/c1-51(2)43-26-13-9-24-40(43)41-33-32-37(34-44(41)51)52(45-27-14-10-22-38(45)35-18-5-3-6-19-35)48-30-17-31-49-50(48)42-25-12-16-29-47(42)53(49)46-28-15-11-23-39(46)36-20-7-4-8-21-36/h3-34H,1-2H3. The van der Waals surface area contributed by atoms with E-state index in [9.17, 15) is 0 Å². The second-order valence-electron chi connectivity index (χ2n) is 14.5. The van der Waals surface area contributed by atoms with Crippen molar-refractivity contribution in [3.05, 3.63) is 205 Å². The van der Waals surface area contributed by atoms with Gasteiger partial charge in [0, 0.05) is 33.0 Å². The molecular formula is C51H38N2. The predicted molar refractivity (Wildman–Crippen MR) is 224 cm³/mol. The number of aromatic nitrogens is 1. The van der Waals surface area contributed by atoms with E-state index in [2.05, 4.69) is 217 Å². The van der Waals surface area contributed by atoms with E-state index in [4.69, 9.17) is 0 Å². The molecule has 2 nitrogen and oxygen atoms in total. The number of anilines is 3. The van der Waals surface area contributed by atoms with Crippen LogP contribution >= 0.6 is 0 Å². The Hall–Kier alpha value is -6.64. The van der Waals surface area contributed by atoms with Crippen LogP contribution in [0.4, 0.5) is 17.1 Å². The molecule has 1 aliphatic carbocycles. The van der Waals surface area contributed by atoms with Crippen LogP contribution in [0.2, 0.25) is 0 Å². The highest BCUT2D eigenvalue weighted by atomic mass is 15.2. The third kappa shape index (κ3) is 4.87. The van der Waals surface area contributed by atoms with Crippen molar-refractivity contribution in [1.29, 1.82) is 0 Å². The number of para-hydroxylation sites is 3. The van der Waals surface area contributed by atoms with E-state index in [1.807, 2.05) is 0 Å². The molecule has 2 heteroatoms. The molecule has 1 heterocycles. The molecule has 0 saturated carbocycles. The van der Waals surface area contributed by atoms with Crippen molar-refractivity contribution in [2.75, 3.05) is 4.90 Å². The molecular weight excluding hydrogens is 641 g/mol. The molecule has 252 valence electrons. The average Bonchev–Trinajstić information content (AvgIpc) is 3.68. The van der Waals surface area contributed by atoms with Gasteiger partial charge in [-0.3, -0.25) is 0 Å². The molecule has 1 aromatic heterocycles. The van der Waals surface area contributed by atoms with Crippen LogP contribution in [0.3, 0.4) is 0 Å². The third-order valence-corrected chi connectivity index (χ3v) is 11.2. The van der Waals surface area contributed by atoms with Crippen LogP contribution in [0, 0.1) is 0 Å². The molecule has 9 aromatic rings. The first kappa shape index (κ1) is 31.1. The van der Waals surface area contributed by atoms with Gasteiger partial charge in [-0.05, 0) is 75.8 Å². The quantitative estimate of drug-likeness (QED) is 0.170. The van der Waals surface area contributed by atoms with Crippen molar-refractivity contribution in [2.45, 2.75) is 19.3 Å². The van der Waals surface area contributed by atoms with Gasteiger partial charge in [-0.15, -0.1) is 0 Å². The molecule has 0 unspecified atom stereocenters. The van der Waals surface area contributed by atoms with Gasteiger partial charge < -0.3 is 9.47 Å². The van der Waals surface area contributed by atoms with Gasteiger partial charge in [0.2, 0.25) is 0 Å². The average molecular weight is 679 g/mol. The fourth-order valence-electron chi connectivity index (χ4n) is 8.75. The van der Waals surface area contributed by atoms with E-state index < -0.39 is 0 Å². The lowest BCUT2D eigenvalue weighted by atomic mass is 9.82. The maximum absolute atomic E-state index is 2.50. The smallest absolute Gasteiger partial charge is 0.0562 e. The highest BCUT2D eigenvalue weighted by Gasteiger charge is 2.36. The zero-order valence-electron chi connectivity index (χ0n) is 29.9. The Labute approximate surface area is 310 Å². The Bertz CT molecular complexity index is 2810. The molecule has 0 spiro atoms. The number of fused-ring (bicyclic) bond motifs is 6. The molecule has 8 aromatic carbocycles. The number of benzene rings is 8. The molecule has 0 N–H and O–H groups in total. The molecule has 0 fully saturated rings.